The number of nitrogens with zero attached hydrogens (tertiary/aromatic N) is 2. The van der Waals surface area contributed by atoms with Crippen molar-refractivity contribution in [3.63, 3.8) is 0 Å². The highest BCUT2D eigenvalue weighted by Gasteiger charge is 2.13. The normalized spacial score (nSPS) is 12.3. The fourth-order valence-corrected chi connectivity index (χ4v) is 1.18. The molecule has 0 saturated carbocycles. The zero-order valence-electron chi connectivity index (χ0n) is 10.8. The largest absolute Gasteiger partial charge is 0.369 e. The van der Waals surface area contributed by atoms with Crippen molar-refractivity contribution in [3.8, 4) is 0 Å². The zero-order valence-corrected chi connectivity index (χ0v) is 10.8. The molecular formula is C12H20N4O. The highest BCUT2D eigenvalue weighted by molar-refractivity contribution is 5.92. The number of aromatic nitrogens is 2. The van der Waals surface area contributed by atoms with Crippen LogP contribution in [0.25, 0.3) is 0 Å². The highest BCUT2D eigenvalue weighted by Crippen LogP contribution is 2.04. The second-order valence-electron chi connectivity index (χ2n) is 4.34. The molecule has 17 heavy (non-hydrogen) atoms. The van der Waals surface area contributed by atoms with Gasteiger partial charge in [0.2, 0.25) is 0 Å². The SMILES string of the molecule is CCNc1ccc(C(=O)NC(C)C(C)C)nn1. The molecular weight excluding hydrogens is 216 g/mol. The summed E-state index contributed by atoms with van der Waals surface area (Å²) in [7, 11) is 0. The molecule has 94 valence electrons. The summed E-state index contributed by atoms with van der Waals surface area (Å²) in [5.74, 6) is 0.899. The zero-order chi connectivity index (χ0) is 12.8. The molecule has 0 aliphatic rings. The highest BCUT2D eigenvalue weighted by atomic mass is 16.2. The summed E-state index contributed by atoms with van der Waals surface area (Å²) < 4.78 is 0. The van der Waals surface area contributed by atoms with Crippen LogP contribution in [-0.2, 0) is 0 Å². The van der Waals surface area contributed by atoms with Crippen LogP contribution in [0.4, 0.5) is 5.82 Å². The standard InChI is InChI=1S/C12H20N4O/c1-5-13-11-7-6-10(15-16-11)12(17)14-9(4)8(2)3/h6-9H,5H2,1-4H3,(H,13,16)(H,14,17). The Morgan fingerprint density at radius 2 is 2.00 bits per heavy atom. The van der Waals surface area contributed by atoms with E-state index in [-0.39, 0.29) is 11.9 Å². The second kappa shape index (κ2) is 6.18. The Morgan fingerprint density at radius 1 is 1.29 bits per heavy atom. The summed E-state index contributed by atoms with van der Waals surface area (Å²) in [4.78, 5) is 11.8. The van der Waals surface area contributed by atoms with Gasteiger partial charge in [-0.1, -0.05) is 13.8 Å². The van der Waals surface area contributed by atoms with Crippen LogP contribution in [0.15, 0.2) is 12.1 Å². The van der Waals surface area contributed by atoms with Gasteiger partial charge in [0.1, 0.15) is 5.82 Å². The first-order chi connectivity index (χ1) is 8.04. The maximum Gasteiger partial charge on any atom is 0.272 e. The molecule has 0 aliphatic heterocycles. The third-order valence-corrected chi connectivity index (χ3v) is 2.61. The van der Waals surface area contributed by atoms with Gasteiger partial charge in [-0.2, -0.15) is 0 Å². The van der Waals surface area contributed by atoms with Gasteiger partial charge in [0.25, 0.3) is 5.91 Å². The molecule has 0 fully saturated rings. The lowest BCUT2D eigenvalue weighted by atomic mass is 10.1. The molecule has 1 atom stereocenters. The summed E-state index contributed by atoms with van der Waals surface area (Å²) in [5.41, 5.74) is 0.346. The molecule has 1 aromatic rings. The number of hydrogen-bond acceptors (Lipinski definition) is 4. The lowest BCUT2D eigenvalue weighted by molar-refractivity contribution is 0.0924. The molecule has 0 aliphatic carbocycles. The summed E-state index contributed by atoms with van der Waals surface area (Å²) in [5, 5.41) is 13.7. The molecule has 1 amide bonds. The van der Waals surface area contributed by atoms with Crippen LogP contribution in [0.5, 0.6) is 0 Å². The van der Waals surface area contributed by atoms with E-state index < -0.39 is 0 Å². The van der Waals surface area contributed by atoms with Crippen LogP contribution in [0, 0.1) is 5.92 Å². The van der Waals surface area contributed by atoms with Gasteiger partial charge in [-0.25, -0.2) is 0 Å². The van der Waals surface area contributed by atoms with E-state index in [1.165, 1.54) is 0 Å². The molecule has 5 nitrogen and oxygen atoms in total. The predicted octanol–water partition coefficient (Wildman–Crippen LogP) is 1.68. The molecule has 0 spiro atoms. The van der Waals surface area contributed by atoms with Crippen molar-refractivity contribution in [1.82, 2.24) is 15.5 Å². The molecule has 0 bridgehead atoms. The number of rotatable bonds is 5. The van der Waals surface area contributed by atoms with Crippen LogP contribution in [0.2, 0.25) is 0 Å². The molecule has 0 radical (unpaired) electrons. The Bertz CT molecular complexity index is 361. The van der Waals surface area contributed by atoms with Gasteiger partial charge >= 0.3 is 0 Å². The number of hydrogen-bond donors (Lipinski definition) is 2. The first kappa shape index (κ1) is 13.4. The van der Waals surface area contributed by atoms with Crippen LogP contribution in [-0.4, -0.2) is 28.7 Å². The van der Waals surface area contributed by atoms with Crippen LogP contribution in [0.3, 0.4) is 0 Å². The third kappa shape index (κ3) is 4.01. The Balaban J connectivity index is 2.63. The van der Waals surface area contributed by atoms with Gasteiger partial charge in [-0.15, -0.1) is 10.2 Å². The van der Waals surface area contributed by atoms with Crippen molar-refractivity contribution in [2.45, 2.75) is 33.7 Å². The number of amides is 1. The fraction of sp³-hybridized carbons (Fsp3) is 0.583. The van der Waals surface area contributed by atoms with E-state index in [1.54, 1.807) is 12.1 Å². The van der Waals surface area contributed by atoms with Crippen molar-refractivity contribution < 1.29 is 4.79 Å². The molecule has 1 heterocycles. The van der Waals surface area contributed by atoms with Gasteiger partial charge in [-0.05, 0) is 31.9 Å². The Morgan fingerprint density at radius 3 is 2.47 bits per heavy atom. The minimum Gasteiger partial charge on any atom is -0.369 e. The lowest BCUT2D eigenvalue weighted by Gasteiger charge is -2.16. The van der Waals surface area contributed by atoms with Crippen molar-refractivity contribution in [2.24, 2.45) is 5.92 Å². The van der Waals surface area contributed by atoms with Gasteiger partial charge in [-0.3, -0.25) is 4.79 Å². The van der Waals surface area contributed by atoms with E-state index in [9.17, 15) is 4.79 Å². The second-order valence-corrected chi connectivity index (χ2v) is 4.34. The van der Waals surface area contributed by atoms with Crippen LogP contribution in [0.1, 0.15) is 38.2 Å². The third-order valence-electron chi connectivity index (χ3n) is 2.61. The van der Waals surface area contributed by atoms with E-state index in [0.29, 0.717) is 17.4 Å². The van der Waals surface area contributed by atoms with Crippen molar-refractivity contribution >= 4 is 11.7 Å². The van der Waals surface area contributed by atoms with E-state index in [2.05, 4.69) is 34.7 Å². The van der Waals surface area contributed by atoms with E-state index in [0.717, 1.165) is 6.54 Å². The van der Waals surface area contributed by atoms with Gasteiger partial charge in [0, 0.05) is 12.6 Å². The smallest absolute Gasteiger partial charge is 0.272 e. The summed E-state index contributed by atoms with van der Waals surface area (Å²) in [6, 6.07) is 3.55. The summed E-state index contributed by atoms with van der Waals surface area (Å²) in [6.45, 7) is 8.86. The average Bonchev–Trinajstić information content (AvgIpc) is 2.30. The van der Waals surface area contributed by atoms with Gasteiger partial charge < -0.3 is 10.6 Å². The van der Waals surface area contributed by atoms with E-state index in [4.69, 9.17) is 0 Å². The summed E-state index contributed by atoms with van der Waals surface area (Å²) in [6.07, 6.45) is 0. The predicted molar refractivity (Wildman–Crippen MR) is 68.0 cm³/mol. The van der Waals surface area contributed by atoms with Gasteiger partial charge in [0.05, 0.1) is 0 Å². The quantitative estimate of drug-likeness (QED) is 0.816. The number of carbonyl (C=O) groups is 1. The Kier molecular flexibility index (Phi) is 4.87. The van der Waals surface area contributed by atoms with E-state index in [1.807, 2.05) is 13.8 Å². The lowest BCUT2D eigenvalue weighted by Crippen LogP contribution is -2.36. The van der Waals surface area contributed by atoms with Crippen LogP contribution >= 0.6 is 0 Å². The maximum absolute atomic E-state index is 11.8. The minimum absolute atomic E-state index is 0.123. The Hall–Kier alpha value is -1.65. The van der Waals surface area contributed by atoms with Crippen molar-refractivity contribution in [2.75, 3.05) is 11.9 Å². The van der Waals surface area contributed by atoms with Gasteiger partial charge in [0.15, 0.2) is 5.69 Å². The molecule has 0 aromatic carbocycles. The molecule has 1 unspecified atom stereocenters. The minimum atomic E-state index is -0.179. The fourth-order valence-electron chi connectivity index (χ4n) is 1.18. The van der Waals surface area contributed by atoms with Crippen molar-refractivity contribution in [3.05, 3.63) is 17.8 Å². The van der Waals surface area contributed by atoms with Crippen molar-refractivity contribution in [1.29, 1.82) is 0 Å². The molecule has 0 saturated heterocycles. The average molecular weight is 236 g/mol. The number of nitrogens with one attached hydrogen (secondary N) is 2. The number of carbonyl (C=O) groups excluding carboxylic acids is 1. The van der Waals surface area contributed by atoms with Crippen LogP contribution < -0.4 is 10.6 Å². The summed E-state index contributed by atoms with van der Waals surface area (Å²) >= 11 is 0. The molecule has 1 aromatic heterocycles. The topological polar surface area (TPSA) is 66.9 Å². The first-order valence-corrected chi connectivity index (χ1v) is 5.93. The number of anilines is 1. The molecule has 2 N–H and O–H groups in total. The monoisotopic (exact) mass is 236 g/mol. The van der Waals surface area contributed by atoms with E-state index >= 15 is 0 Å². The molecule has 1 rings (SSSR count). The first-order valence-electron chi connectivity index (χ1n) is 5.93. The molecule has 5 heteroatoms. The maximum atomic E-state index is 11.8. The Labute approximate surface area is 102 Å².